The molecule has 0 aliphatic heterocycles. The Balaban J connectivity index is 2.50. The van der Waals surface area contributed by atoms with Crippen molar-refractivity contribution in [3.8, 4) is 5.75 Å². The molecule has 0 saturated heterocycles. The highest BCUT2D eigenvalue weighted by molar-refractivity contribution is 5.27. The van der Waals surface area contributed by atoms with Gasteiger partial charge in [0.1, 0.15) is 5.75 Å². The van der Waals surface area contributed by atoms with E-state index in [1.54, 1.807) is 12.1 Å². The first-order valence-corrected chi connectivity index (χ1v) is 5.69. The summed E-state index contributed by atoms with van der Waals surface area (Å²) in [6.45, 7) is 3.03. The van der Waals surface area contributed by atoms with E-state index in [0.29, 0.717) is 5.92 Å². The van der Waals surface area contributed by atoms with E-state index >= 15 is 0 Å². The van der Waals surface area contributed by atoms with Gasteiger partial charge in [-0.3, -0.25) is 0 Å². The molecule has 0 amide bonds. The van der Waals surface area contributed by atoms with Crippen molar-refractivity contribution < 1.29 is 17.9 Å². The van der Waals surface area contributed by atoms with Crippen molar-refractivity contribution in [2.45, 2.75) is 32.9 Å². The second kappa shape index (κ2) is 5.94. The summed E-state index contributed by atoms with van der Waals surface area (Å²) in [4.78, 5) is 0. The van der Waals surface area contributed by atoms with E-state index in [1.165, 1.54) is 0 Å². The van der Waals surface area contributed by atoms with Gasteiger partial charge < -0.3 is 4.74 Å². The van der Waals surface area contributed by atoms with Gasteiger partial charge in [-0.15, -0.1) is 0 Å². The van der Waals surface area contributed by atoms with Gasteiger partial charge >= 0.3 is 6.18 Å². The number of halogens is 3. The van der Waals surface area contributed by atoms with Gasteiger partial charge in [0.05, 0.1) is 0 Å². The number of alkyl halides is 3. The predicted octanol–water partition coefficient (Wildman–Crippen LogP) is 4.22. The minimum atomic E-state index is -4.28. The van der Waals surface area contributed by atoms with Crippen LogP contribution in [0, 0.1) is 5.92 Å². The Hall–Kier alpha value is -1.19. The van der Waals surface area contributed by atoms with E-state index in [4.69, 9.17) is 0 Å². The van der Waals surface area contributed by atoms with E-state index in [-0.39, 0.29) is 5.75 Å². The molecule has 0 aromatic heterocycles. The van der Waals surface area contributed by atoms with Gasteiger partial charge in [-0.2, -0.15) is 13.2 Å². The maximum absolute atomic E-state index is 11.9. The molecule has 0 spiro atoms. The first-order valence-electron chi connectivity index (χ1n) is 5.69. The third-order valence-electron chi connectivity index (χ3n) is 2.61. The van der Waals surface area contributed by atoms with Crippen molar-refractivity contribution in [3.05, 3.63) is 29.8 Å². The zero-order valence-corrected chi connectivity index (χ0v) is 10.1. The Bertz CT molecular complexity index is 330. The van der Waals surface area contributed by atoms with Gasteiger partial charge in [0.25, 0.3) is 0 Å². The van der Waals surface area contributed by atoms with Crippen LogP contribution in [0.4, 0.5) is 13.2 Å². The molecular weight excluding hydrogens is 229 g/mol. The summed E-state index contributed by atoms with van der Waals surface area (Å²) in [6.07, 6.45) is -2.25. The van der Waals surface area contributed by atoms with E-state index in [9.17, 15) is 13.2 Å². The summed E-state index contributed by atoms with van der Waals surface area (Å²) in [5, 5.41) is 0. The van der Waals surface area contributed by atoms with Crippen LogP contribution >= 0.6 is 0 Å². The minimum absolute atomic E-state index is 0.259. The molecule has 0 fully saturated rings. The number of hydrogen-bond donors (Lipinski definition) is 0. The molecule has 17 heavy (non-hydrogen) atoms. The second-order valence-electron chi connectivity index (χ2n) is 4.27. The van der Waals surface area contributed by atoms with Crippen LogP contribution in [0.1, 0.15) is 25.8 Å². The molecule has 1 rings (SSSR count). The zero-order valence-electron chi connectivity index (χ0n) is 10.1. The number of hydrogen-bond acceptors (Lipinski definition) is 1. The Morgan fingerprint density at radius 3 is 2.24 bits per heavy atom. The molecule has 0 aliphatic rings. The molecule has 96 valence electrons. The monoisotopic (exact) mass is 246 g/mol. The minimum Gasteiger partial charge on any atom is -0.484 e. The maximum Gasteiger partial charge on any atom is 0.422 e. The molecule has 0 radical (unpaired) electrons. The van der Waals surface area contributed by atoms with Crippen LogP contribution in [0.25, 0.3) is 0 Å². The van der Waals surface area contributed by atoms with Crippen LogP contribution in [0.3, 0.4) is 0 Å². The lowest BCUT2D eigenvalue weighted by molar-refractivity contribution is -0.153. The average molecular weight is 246 g/mol. The van der Waals surface area contributed by atoms with Crippen molar-refractivity contribution >= 4 is 0 Å². The second-order valence-corrected chi connectivity index (χ2v) is 4.27. The fourth-order valence-electron chi connectivity index (χ4n) is 1.43. The molecular formula is C13H17F3O. The fraction of sp³-hybridized carbons (Fsp3) is 0.538. The van der Waals surface area contributed by atoms with Gasteiger partial charge in [0, 0.05) is 0 Å². The molecule has 4 heteroatoms. The third-order valence-corrected chi connectivity index (χ3v) is 2.61. The highest BCUT2D eigenvalue weighted by atomic mass is 19.4. The third kappa shape index (κ3) is 5.61. The summed E-state index contributed by atoms with van der Waals surface area (Å²) in [5.41, 5.74) is 1.12. The molecule has 0 bridgehead atoms. The lowest BCUT2D eigenvalue weighted by atomic mass is 9.99. The molecule has 1 unspecified atom stereocenters. The first kappa shape index (κ1) is 13.9. The SMILES string of the molecule is CCC(C)Cc1ccc(OCC(F)(F)F)cc1. The molecule has 0 saturated carbocycles. The largest absolute Gasteiger partial charge is 0.484 e. The highest BCUT2D eigenvalue weighted by Gasteiger charge is 2.28. The molecule has 1 nitrogen and oxygen atoms in total. The number of benzene rings is 1. The van der Waals surface area contributed by atoms with Crippen molar-refractivity contribution in [1.82, 2.24) is 0 Å². The Labute approximate surface area is 99.6 Å². The van der Waals surface area contributed by atoms with E-state index in [0.717, 1.165) is 18.4 Å². The molecule has 0 heterocycles. The highest BCUT2D eigenvalue weighted by Crippen LogP contribution is 2.20. The van der Waals surface area contributed by atoms with Crippen LogP contribution in [0.2, 0.25) is 0 Å². The predicted molar refractivity (Wildman–Crippen MR) is 61.2 cm³/mol. The maximum atomic E-state index is 11.9. The summed E-state index contributed by atoms with van der Waals surface area (Å²) in [7, 11) is 0. The molecule has 1 atom stereocenters. The Morgan fingerprint density at radius 2 is 1.76 bits per heavy atom. The fourth-order valence-corrected chi connectivity index (χ4v) is 1.43. The van der Waals surface area contributed by atoms with Crippen molar-refractivity contribution in [3.63, 3.8) is 0 Å². The van der Waals surface area contributed by atoms with E-state index < -0.39 is 12.8 Å². The standard InChI is InChI=1S/C13H17F3O/c1-3-10(2)8-11-4-6-12(7-5-11)17-9-13(14,15)16/h4-7,10H,3,8-9H2,1-2H3. The lowest BCUT2D eigenvalue weighted by Crippen LogP contribution is -2.19. The molecule has 1 aromatic rings. The summed E-state index contributed by atoms with van der Waals surface area (Å²) in [6, 6.07) is 6.81. The average Bonchev–Trinajstić information content (AvgIpc) is 2.27. The Morgan fingerprint density at radius 1 is 1.18 bits per heavy atom. The topological polar surface area (TPSA) is 9.23 Å². The van der Waals surface area contributed by atoms with Gasteiger partial charge in [-0.05, 0) is 30.0 Å². The van der Waals surface area contributed by atoms with Crippen LogP contribution in [-0.4, -0.2) is 12.8 Å². The van der Waals surface area contributed by atoms with E-state index in [2.05, 4.69) is 18.6 Å². The summed E-state index contributed by atoms with van der Waals surface area (Å²) >= 11 is 0. The first-order chi connectivity index (χ1) is 7.90. The van der Waals surface area contributed by atoms with Crippen molar-refractivity contribution in [2.24, 2.45) is 5.92 Å². The Kier molecular flexibility index (Phi) is 4.85. The van der Waals surface area contributed by atoms with E-state index in [1.807, 2.05) is 12.1 Å². The molecule has 1 aromatic carbocycles. The van der Waals surface area contributed by atoms with Crippen LogP contribution in [-0.2, 0) is 6.42 Å². The molecule has 0 aliphatic carbocycles. The van der Waals surface area contributed by atoms with Crippen molar-refractivity contribution in [1.29, 1.82) is 0 Å². The van der Waals surface area contributed by atoms with Gasteiger partial charge in [0.15, 0.2) is 6.61 Å². The number of ether oxygens (including phenoxy) is 1. The lowest BCUT2D eigenvalue weighted by Gasteiger charge is -2.11. The van der Waals surface area contributed by atoms with Gasteiger partial charge in [-0.1, -0.05) is 32.4 Å². The van der Waals surface area contributed by atoms with Crippen molar-refractivity contribution in [2.75, 3.05) is 6.61 Å². The number of rotatable bonds is 5. The van der Waals surface area contributed by atoms with Crippen LogP contribution < -0.4 is 4.74 Å². The summed E-state index contributed by atoms with van der Waals surface area (Å²) < 4.78 is 40.4. The van der Waals surface area contributed by atoms with Crippen LogP contribution in [0.5, 0.6) is 5.75 Å². The van der Waals surface area contributed by atoms with Crippen LogP contribution in [0.15, 0.2) is 24.3 Å². The van der Waals surface area contributed by atoms with Gasteiger partial charge in [0.2, 0.25) is 0 Å². The zero-order chi connectivity index (χ0) is 12.9. The molecule has 0 N–H and O–H groups in total. The smallest absolute Gasteiger partial charge is 0.422 e. The van der Waals surface area contributed by atoms with Gasteiger partial charge in [-0.25, -0.2) is 0 Å². The summed E-state index contributed by atoms with van der Waals surface area (Å²) in [5.74, 6) is 0.840. The normalized spacial score (nSPS) is 13.5. The quantitative estimate of drug-likeness (QED) is 0.756.